The van der Waals surface area contributed by atoms with E-state index in [2.05, 4.69) is 146 Å². The van der Waals surface area contributed by atoms with Gasteiger partial charge in [-0.3, -0.25) is 0 Å². The Hall–Kier alpha value is -5.60. The summed E-state index contributed by atoms with van der Waals surface area (Å²) < 4.78 is 12.8. The molecule has 0 saturated carbocycles. The molecular weight excluding hydrogens is 536 g/mol. The van der Waals surface area contributed by atoms with Crippen LogP contribution >= 0.6 is 0 Å². The summed E-state index contributed by atoms with van der Waals surface area (Å²) in [6, 6.07) is 51.9. The highest BCUT2D eigenvalue weighted by atomic mass is 16.5. The van der Waals surface area contributed by atoms with Gasteiger partial charge in [0.1, 0.15) is 11.5 Å². The normalized spacial score (nSPS) is 11.4. The van der Waals surface area contributed by atoms with Gasteiger partial charge in [-0.25, -0.2) is 0 Å². The second-order valence-electron chi connectivity index (χ2n) is 11.2. The van der Waals surface area contributed by atoms with Crippen molar-refractivity contribution in [3.63, 3.8) is 0 Å². The zero-order chi connectivity index (χ0) is 29.6. The largest absolute Gasteiger partial charge is 0.495 e. The van der Waals surface area contributed by atoms with E-state index >= 15 is 0 Å². The maximum absolute atomic E-state index is 6.40. The summed E-state index contributed by atoms with van der Waals surface area (Å²) in [4.78, 5) is 0. The minimum absolute atomic E-state index is 0.832. The van der Waals surface area contributed by atoms with Crippen LogP contribution in [0.3, 0.4) is 0 Å². The molecule has 0 N–H and O–H groups in total. The third-order valence-electron chi connectivity index (χ3n) is 8.78. The van der Waals surface area contributed by atoms with Crippen molar-refractivity contribution in [2.75, 3.05) is 14.2 Å². The van der Waals surface area contributed by atoms with Crippen LogP contribution in [0.1, 0.15) is 0 Å². The summed E-state index contributed by atoms with van der Waals surface area (Å²) in [5, 5.41) is 9.36. The van der Waals surface area contributed by atoms with E-state index in [4.69, 9.17) is 9.47 Å². The quantitative estimate of drug-likeness (QED) is 0.206. The molecule has 44 heavy (non-hydrogen) atoms. The number of benzene rings is 8. The Labute approximate surface area is 256 Å². The molecule has 210 valence electrons. The summed E-state index contributed by atoms with van der Waals surface area (Å²) >= 11 is 0. The van der Waals surface area contributed by atoms with E-state index < -0.39 is 0 Å². The van der Waals surface area contributed by atoms with E-state index in [1.54, 1.807) is 14.2 Å². The van der Waals surface area contributed by atoms with E-state index in [1.807, 2.05) is 0 Å². The first-order valence-corrected chi connectivity index (χ1v) is 14.9. The van der Waals surface area contributed by atoms with Crippen LogP contribution in [-0.2, 0) is 0 Å². The summed E-state index contributed by atoms with van der Waals surface area (Å²) in [6.45, 7) is 0. The number of methoxy groups -OCH3 is 2. The lowest BCUT2D eigenvalue weighted by Gasteiger charge is -2.23. The molecule has 0 atom stereocenters. The van der Waals surface area contributed by atoms with Gasteiger partial charge in [0, 0.05) is 22.3 Å². The zero-order valence-electron chi connectivity index (χ0n) is 24.7. The standard InChI is InChI=1S/C42H30O2/c1-43-41-37(33-21-19-27-11-3-5-13-29(27)23-33)25-31-15-7-9-17-35(31)39(41)40-36-18-10-8-16-32(36)26-38(42(40)44-2)34-22-20-28-12-4-6-14-30(28)24-34/h3-26H,1-2H3. The Balaban J connectivity index is 1.50. The van der Waals surface area contributed by atoms with Gasteiger partial charge in [-0.15, -0.1) is 0 Å². The van der Waals surface area contributed by atoms with E-state index in [1.165, 1.54) is 21.5 Å². The third-order valence-corrected chi connectivity index (χ3v) is 8.78. The van der Waals surface area contributed by atoms with Crippen LogP contribution in [0.25, 0.3) is 76.5 Å². The van der Waals surface area contributed by atoms with E-state index in [-0.39, 0.29) is 0 Å². The Kier molecular flexibility index (Phi) is 6.27. The molecule has 0 radical (unpaired) electrons. The molecule has 0 aliphatic heterocycles. The summed E-state index contributed by atoms with van der Waals surface area (Å²) in [5.41, 5.74) is 6.39. The fraction of sp³-hybridized carbons (Fsp3) is 0.0476. The molecule has 0 spiro atoms. The highest BCUT2D eigenvalue weighted by Crippen LogP contribution is 2.52. The molecule has 0 fully saturated rings. The maximum Gasteiger partial charge on any atom is 0.135 e. The molecule has 2 heteroatoms. The highest BCUT2D eigenvalue weighted by molar-refractivity contribution is 6.14. The highest BCUT2D eigenvalue weighted by Gasteiger charge is 2.25. The molecule has 8 aromatic rings. The van der Waals surface area contributed by atoms with Crippen LogP contribution in [-0.4, -0.2) is 14.2 Å². The molecule has 0 bridgehead atoms. The average molecular weight is 567 g/mol. The van der Waals surface area contributed by atoms with Crippen molar-refractivity contribution in [1.29, 1.82) is 0 Å². The van der Waals surface area contributed by atoms with Crippen LogP contribution in [0.2, 0.25) is 0 Å². The van der Waals surface area contributed by atoms with E-state index in [0.29, 0.717) is 0 Å². The van der Waals surface area contributed by atoms with Gasteiger partial charge >= 0.3 is 0 Å². The Morgan fingerprint density at radius 1 is 0.341 bits per heavy atom. The topological polar surface area (TPSA) is 18.5 Å². The van der Waals surface area contributed by atoms with Crippen molar-refractivity contribution in [3.8, 4) is 44.9 Å². The van der Waals surface area contributed by atoms with Crippen LogP contribution in [0, 0.1) is 0 Å². The van der Waals surface area contributed by atoms with Crippen LogP contribution in [0.5, 0.6) is 11.5 Å². The van der Waals surface area contributed by atoms with Crippen molar-refractivity contribution >= 4 is 43.1 Å². The minimum Gasteiger partial charge on any atom is -0.495 e. The predicted octanol–water partition coefficient (Wildman–Crippen LogP) is 11.3. The molecule has 0 amide bonds. The van der Waals surface area contributed by atoms with Gasteiger partial charge in [0.15, 0.2) is 0 Å². The number of hydrogen-bond acceptors (Lipinski definition) is 2. The Bertz CT molecular complexity index is 2200. The molecule has 8 rings (SSSR count). The fourth-order valence-corrected chi connectivity index (χ4v) is 6.72. The van der Waals surface area contributed by atoms with Crippen molar-refractivity contribution in [2.24, 2.45) is 0 Å². The molecule has 0 aliphatic rings. The first kappa shape index (κ1) is 26.1. The van der Waals surface area contributed by atoms with Crippen molar-refractivity contribution in [1.82, 2.24) is 0 Å². The SMILES string of the molecule is COc1c(-c2ccc3ccccc3c2)cc2ccccc2c1-c1c(OC)c(-c2ccc3ccccc3c2)cc2ccccc12. The summed E-state index contributed by atoms with van der Waals surface area (Å²) in [7, 11) is 3.56. The molecule has 8 aromatic carbocycles. The molecule has 2 nitrogen and oxygen atoms in total. The maximum atomic E-state index is 6.40. The number of ether oxygens (including phenoxy) is 2. The second kappa shape index (κ2) is 10.6. The lowest BCUT2D eigenvalue weighted by Crippen LogP contribution is -1.99. The minimum atomic E-state index is 0.832. The van der Waals surface area contributed by atoms with Crippen molar-refractivity contribution < 1.29 is 9.47 Å². The number of rotatable bonds is 5. The summed E-state index contributed by atoms with van der Waals surface area (Å²) in [5.74, 6) is 1.66. The first-order chi connectivity index (χ1) is 21.7. The molecule has 0 unspecified atom stereocenters. The van der Waals surface area contributed by atoms with Gasteiger partial charge in [-0.05, 0) is 78.5 Å². The molecular formula is C42H30O2. The van der Waals surface area contributed by atoms with Crippen LogP contribution in [0.15, 0.2) is 146 Å². The lowest BCUT2D eigenvalue weighted by atomic mass is 9.86. The fourth-order valence-electron chi connectivity index (χ4n) is 6.72. The van der Waals surface area contributed by atoms with Crippen molar-refractivity contribution in [2.45, 2.75) is 0 Å². The van der Waals surface area contributed by atoms with E-state index in [9.17, 15) is 0 Å². The zero-order valence-corrected chi connectivity index (χ0v) is 24.7. The molecule has 0 aliphatic carbocycles. The van der Waals surface area contributed by atoms with Gasteiger partial charge in [-0.2, -0.15) is 0 Å². The first-order valence-electron chi connectivity index (χ1n) is 14.9. The van der Waals surface area contributed by atoms with Crippen molar-refractivity contribution in [3.05, 3.63) is 146 Å². The van der Waals surface area contributed by atoms with E-state index in [0.717, 1.165) is 66.4 Å². The molecule has 0 saturated heterocycles. The monoisotopic (exact) mass is 566 g/mol. The Morgan fingerprint density at radius 2 is 0.705 bits per heavy atom. The van der Waals surface area contributed by atoms with Gasteiger partial charge in [0.2, 0.25) is 0 Å². The predicted molar refractivity (Wildman–Crippen MR) is 186 cm³/mol. The third kappa shape index (κ3) is 4.19. The Morgan fingerprint density at radius 3 is 1.11 bits per heavy atom. The number of fused-ring (bicyclic) bond motifs is 4. The van der Waals surface area contributed by atoms with Crippen LogP contribution in [0.4, 0.5) is 0 Å². The lowest BCUT2D eigenvalue weighted by molar-refractivity contribution is 0.413. The molecule has 0 aromatic heterocycles. The number of hydrogen-bond donors (Lipinski definition) is 0. The van der Waals surface area contributed by atoms with Gasteiger partial charge in [-0.1, -0.05) is 121 Å². The van der Waals surface area contributed by atoms with Gasteiger partial charge in [0.25, 0.3) is 0 Å². The second-order valence-corrected chi connectivity index (χ2v) is 11.2. The van der Waals surface area contributed by atoms with Gasteiger partial charge in [0.05, 0.1) is 14.2 Å². The van der Waals surface area contributed by atoms with Crippen LogP contribution < -0.4 is 9.47 Å². The molecule has 0 heterocycles. The van der Waals surface area contributed by atoms with Gasteiger partial charge < -0.3 is 9.47 Å². The average Bonchev–Trinajstić information content (AvgIpc) is 3.09. The summed E-state index contributed by atoms with van der Waals surface area (Å²) in [6.07, 6.45) is 0. The smallest absolute Gasteiger partial charge is 0.135 e.